The Labute approximate surface area is 146 Å². The first-order valence-corrected chi connectivity index (χ1v) is 7.86. The Balaban J connectivity index is 2.07. The van der Waals surface area contributed by atoms with Crippen molar-refractivity contribution >= 4 is 34.8 Å². The fourth-order valence-corrected chi connectivity index (χ4v) is 2.37. The Morgan fingerprint density at radius 1 is 1.12 bits per heavy atom. The molecule has 0 aliphatic heterocycles. The summed E-state index contributed by atoms with van der Waals surface area (Å²) in [6.07, 6.45) is 0. The van der Waals surface area contributed by atoms with Crippen molar-refractivity contribution in [1.29, 1.82) is 0 Å². The van der Waals surface area contributed by atoms with Crippen LogP contribution in [0.4, 0.5) is 11.4 Å². The number of benzene rings is 2. The quantitative estimate of drug-likeness (QED) is 0.873. The number of hydrogen-bond donors (Lipinski definition) is 2. The standard InChI is InChI=1S/C18H20ClN3O2/c1-12-5-4-6-14(9-12)21-17(23)11-20-16-10-13(19)7-8-15(16)18(24)22(2)3/h4-10,20H,11H2,1-3H3,(H,21,23). The number of nitrogens with one attached hydrogen (secondary N) is 2. The monoisotopic (exact) mass is 345 g/mol. The summed E-state index contributed by atoms with van der Waals surface area (Å²) in [5.74, 6) is -0.364. The molecular formula is C18H20ClN3O2. The molecule has 0 aliphatic carbocycles. The fourth-order valence-electron chi connectivity index (χ4n) is 2.19. The highest BCUT2D eigenvalue weighted by Crippen LogP contribution is 2.22. The van der Waals surface area contributed by atoms with Crippen molar-refractivity contribution in [2.45, 2.75) is 6.92 Å². The topological polar surface area (TPSA) is 61.4 Å². The second-order valence-electron chi connectivity index (χ2n) is 5.66. The molecule has 0 atom stereocenters. The van der Waals surface area contributed by atoms with Crippen molar-refractivity contribution in [3.05, 3.63) is 58.6 Å². The van der Waals surface area contributed by atoms with Crippen LogP contribution in [0.25, 0.3) is 0 Å². The van der Waals surface area contributed by atoms with Gasteiger partial charge in [0.2, 0.25) is 5.91 Å². The van der Waals surface area contributed by atoms with E-state index in [1.54, 1.807) is 32.3 Å². The van der Waals surface area contributed by atoms with E-state index in [-0.39, 0.29) is 18.4 Å². The van der Waals surface area contributed by atoms with Crippen molar-refractivity contribution in [2.75, 3.05) is 31.3 Å². The number of carbonyl (C=O) groups excluding carboxylic acids is 2. The van der Waals surface area contributed by atoms with E-state index in [0.29, 0.717) is 16.3 Å². The molecule has 0 aromatic heterocycles. The molecule has 0 aliphatic rings. The largest absolute Gasteiger partial charge is 0.375 e. The summed E-state index contributed by atoms with van der Waals surface area (Å²) in [5.41, 5.74) is 2.79. The third-order valence-corrected chi connectivity index (χ3v) is 3.59. The average molecular weight is 346 g/mol. The van der Waals surface area contributed by atoms with Crippen molar-refractivity contribution in [3.8, 4) is 0 Å². The lowest BCUT2D eigenvalue weighted by atomic mass is 10.1. The summed E-state index contributed by atoms with van der Waals surface area (Å²) in [6, 6.07) is 12.5. The van der Waals surface area contributed by atoms with Crippen LogP contribution in [0.5, 0.6) is 0 Å². The van der Waals surface area contributed by atoms with Gasteiger partial charge in [-0.2, -0.15) is 0 Å². The van der Waals surface area contributed by atoms with Gasteiger partial charge in [-0.25, -0.2) is 0 Å². The number of amides is 2. The summed E-state index contributed by atoms with van der Waals surface area (Å²) in [7, 11) is 3.34. The molecule has 2 N–H and O–H groups in total. The molecule has 0 bridgehead atoms. The number of carbonyl (C=O) groups is 2. The highest BCUT2D eigenvalue weighted by molar-refractivity contribution is 6.31. The van der Waals surface area contributed by atoms with Gasteiger partial charge in [-0.1, -0.05) is 23.7 Å². The first-order chi connectivity index (χ1) is 11.4. The fraction of sp³-hybridized carbons (Fsp3) is 0.222. The van der Waals surface area contributed by atoms with Gasteiger partial charge in [0.05, 0.1) is 12.1 Å². The minimum absolute atomic E-state index is 0.0298. The minimum atomic E-state index is -0.205. The van der Waals surface area contributed by atoms with E-state index < -0.39 is 0 Å². The van der Waals surface area contributed by atoms with Crippen molar-refractivity contribution < 1.29 is 9.59 Å². The molecule has 0 spiro atoms. The van der Waals surface area contributed by atoms with Crippen LogP contribution in [-0.4, -0.2) is 37.4 Å². The Kier molecular flexibility index (Phi) is 5.82. The predicted molar refractivity (Wildman–Crippen MR) is 97.8 cm³/mol. The molecule has 0 heterocycles. The van der Waals surface area contributed by atoms with E-state index in [4.69, 9.17) is 11.6 Å². The lowest BCUT2D eigenvalue weighted by Crippen LogP contribution is -2.25. The molecule has 0 saturated carbocycles. The highest BCUT2D eigenvalue weighted by atomic mass is 35.5. The van der Waals surface area contributed by atoms with Gasteiger partial charge in [-0.3, -0.25) is 9.59 Å². The maximum atomic E-state index is 12.2. The van der Waals surface area contributed by atoms with Crippen LogP contribution >= 0.6 is 11.6 Å². The van der Waals surface area contributed by atoms with Gasteiger partial charge in [-0.15, -0.1) is 0 Å². The second-order valence-corrected chi connectivity index (χ2v) is 6.10. The average Bonchev–Trinajstić information content (AvgIpc) is 2.52. The van der Waals surface area contributed by atoms with Gasteiger partial charge in [0.15, 0.2) is 0 Å². The molecule has 0 radical (unpaired) electrons. The number of nitrogens with zero attached hydrogens (tertiary/aromatic N) is 1. The number of rotatable bonds is 5. The van der Waals surface area contributed by atoms with Gasteiger partial charge in [0.1, 0.15) is 0 Å². The van der Waals surface area contributed by atoms with Crippen LogP contribution in [0, 0.1) is 6.92 Å². The van der Waals surface area contributed by atoms with Crippen LogP contribution in [-0.2, 0) is 4.79 Å². The van der Waals surface area contributed by atoms with Crippen molar-refractivity contribution in [1.82, 2.24) is 4.90 Å². The molecule has 126 valence electrons. The molecular weight excluding hydrogens is 326 g/mol. The van der Waals surface area contributed by atoms with Gasteiger partial charge < -0.3 is 15.5 Å². The lowest BCUT2D eigenvalue weighted by Gasteiger charge is -2.15. The zero-order valence-corrected chi connectivity index (χ0v) is 14.6. The van der Waals surface area contributed by atoms with E-state index in [1.165, 1.54) is 4.90 Å². The molecule has 0 fully saturated rings. The molecule has 6 heteroatoms. The van der Waals surface area contributed by atoms with E-state index in [2.05, 4.69) is 10.6 Å². The second kappa shape index (κ2) is 7.84. The molecule has 0 saturated heterocycles. The van der Waals surface area contributed by atoms with Gasteiger partial charge in [0, 0.05) is 30.5 Å². The number of halogens is 1. The zero-order chi connectivity index (χ0) is 17.7. The lowest BCUT2D eigenvalue weighted by molar-refractivity contribution is -0.114. The third-order valence-electron chi connectivity index (χ3n) is 3.36. The summed E-state index contributed by atoms with van der Waals surface area (Å²) in [5, 5.41) is 6.28. The van der Waals surface area contributed by atoms with Crippen LogP contribution in [0.3, 0.4) is 0 Å². The van der Waals surface area contributed by atoms with Gasteiger partial charge in [0.25, 0.3) is 5.91 Å². The molecule has 2 rings (SSSR count). The van der Waals surface area contributed by atoms with Crippen LogP contribution in [0.2, 0.25) is 5.02 Å². The molecule has 5 nitrogen and oxygen atoms in total. The Morgan fingerprint density at radius 2 is 1.88 bits per heavy atom. The Morgan fingerprint density at radius 3 is 2.54 bits per heavy atom. The Bertz CT molecular complexity index is 760. The minimum Gasteiger partial charge on any atom is -0.375 e. The van der Waals surface area contributed by atoms with E-state index in [9.17, 15) is 9.59 Å². The zero-order valence-electron chi connectivity index (χ0n) is 13.9. The molecule has 2 aromatic rings. The highest BCUT2D eigenvalue weighted by Gasteiger charge is 2.14. The van der Waals surface area contributed by atoms with Crippen molar-refractivity contribution in [3.63, 3.8) is 0 Å². The SMILES string of the molecule is Cc1cccc(NC(=O)CNc2cc(Cl)ccc2C(=O)N(C)C)c1. The third kappa shape index (κ3) is 4.73. The van der Waals surface area contributed by atoms with Crippen molar-refractivity contribution in [2.24, 2.45) is 0 Å². The molecule has 2 amide bonds. The Hall–Kier alpha value is -2.53. The van der Waals surface area contributed by atoms with Gasteiger partial charge in [-0.05, 0) is 42.8 Å². The number of hydrogen-bond acceptors (Lipinski definition) is 3. The van der Waals surface area contributed by atoms with Gasteiger partial charge >= 0.3 is 0 Å². The molecule has 24 heavy (non-hydrogen) atoms. The molecule has 0 unspecified atom stereocenters. The number of aryl methyl sites for hydroxylation is 1. The summed E-state index contributed by atoms with van der Waals surface area (Å²) in [6.45, 7) is 1.99. The molecule has 2 aromatic carbocycles. The maximum Gasteiger partial charge on any atom is 0.255 e. The number of anilines is 2. The van der Waals surface area contributed by atoms with E-state index >= 15 is 0 Å². The summed E-state index contributed by atoms with van der Waals surface area (Å²) >= 11 is 6.00. The van der Waals surface area contributed by atoms with E-state index in [0.717, 1.165) is 11.3 Å². The predicted octanol–water partition coefficient (Wildman–Crippen LogP) is 3.40. The first kappa shape index (κ1) is 17.8. The normalized spacial score (nSPS) is 10.2. The van der Waals surface area contributed by atoms with Crippen LogP contribution < -0.4 is 10.6 Å². The summed E-state index contributed by atoms with van der Waals surface area (Å²) < 4.78 is 0. The smallest absolute Gasteiger partial charge is 0.255 e. The summed E-state index contributed by atoms with van der Waals surface area (Å²) in [4.78, 5) is 25.8. The van der Waals surface area contributed by atoms with Crippen LogP contribution in [0.1, 0.15) is 15.9 Å². The first-order valence-electron chi connectivity index (χ1n) is 7.48. The van der Waals surface area contributed by atoms with Crippen LogP contribution in [0.15, 0.2) is 42.5 Å². The van der Waals surface area contributed by atoms with E-state index in [1.807, 2.05) is 31.2 Å². The maximum absolute atomic E-state index is 12.2.